The van der Waals surface area contributed by atoms with Crippen LogP contribution >= 0.6 is 15.9 Å². The second-order valence-corrected chi connectivity index (χ2v) is 11.7. The number of fused-ring (bicyclic) bond motifs is 1. The zero-order valence-corrected chi connectivity index (χ0v) is 25.0. The van der Waals surface area contributed by atoms with Gasteiger partial charge in [-0.1, -0.05) is 130 Å². The fourth-order valence-electron chi connectivity index (χ4n) is 5.49. The molecule has 0 spiro atoms. The van der Waals surface area contributed by atoms with E-state index in [-0.39, 0.29) is 7.12 Å². The van der Waals surface area contributed by atoms with E-state index in [1.165, 1.54) is 104 Å². The third kappa shape index (κ3) is 8.15. The third-order valence-electron chi connectivity index (χ3n) is 7.68. The normalized spacial score (nSPS) is 12.3. The summed E-state index contributed by atoms with van der Waals surface area (Å²) >= 11 is 3.74. The van der Waals surface area contributed by atoms with Crippen LogP contribution in [0.5, 0.6) is 11.5 Å². The third-order valence-corrected chi connectivity index (χ3v) is 8.17. The van der Waals surface area contributed by atoms with Gasteiger partial charge < -0.3 is 9.31 Å². The van der Waals surface area contributed by atoms with Crippen LogP contribution in [-0.2, 0) is 12.8 Å². The van der Waals surface area contributed by atoms with Gasteiger partial charge in [-0.05, 0) is 72.2 Å². The number of aryl methyl sites for hydroxylation is 2. The standard InChI is InChI=1S/C34H44BBrO2/c1-3-5-7-9-11-13-17-27-25-29(35-37-33-19-15-16-20-34(33)38-35)21-23-31(27)32-24-22-30(36)26-28(32)18-14-12-10-8-6-4-2/h15-16,19-26H,3-14,17-18H2,1-2H3. The summed E-state index contributed by atoms with van der Waals surface area (Å²) in [6, 6.07) is 21.7. The summed E-state index contributed by atoms with van der Waals surface area (Å²) in [7, 11) is -0.378. The lowest BCUT2D eigenvalue weighted by atomic mass is 9.76. The predicted octanol–water partition coefficient (Wildman–Crippen LogP) is 10.1. The molecule has 0 saturated heterocycles. The number of halogens is 1. The van der Waals surface area contributed by atoms with Crippen molar-refractivity contribution in [1.82, 2.24) is 0 Å². The minimum atomic E-state index is -0.378. The Morgan fingerprint density at radius 3 is 1.66 bits per heavy atom. The van der Waals surface area contributed by atoms with Gasteiger partial charge in [0.05, 0.1) is 0 Å². The van der Waals surface area contributed by atoms with Crippen molar-refractivity contribution in [3.8, 4) is 22.6 Å². The highest BCUT2D eigenvalue weighted by atomic mass is 79.9. The number of hydrogen-bond acceptors (Lipinski definition) is 2. The molecule has 0 N–H and O–H groups in total. The molecule has 3 aromatic carbocycles. The number of benzene rings is 3. The zero-order chi connectivity index (χ0) is 26.6. The lowest BCUT2D eigenvalue weighted by molar-refractivity contribution is 0.518. The van der Waals surface area contributed by atoms with Crippen molar-refractivity contribution in [1.29, 1.82) is 0 Å². The maximum Gasteiger partial charge on any atom is 0.632 e. The highest BCUT2D eigenvalue weighted by Crippen LogP contribution is 2.34. The molecule has 0 aliphatic carbocycles. The molecule has 2 nitrogen and oxygen atoms in total. The summed E-state index contributed by atoms with van der Waals surface area (Å²) in [5.41, 5.74) is 6.71. The van der Waals surface area contributed by atoms with Crippen molar-refractivity contribution in [3.63, 3.8) is 0 Å². The molecule has 1 aliphatic rings. The second kappa shape index (κ2) is 15.4. The van der Waals surface area contributed by atoms with E-state index in [0.29, 0.717) is 0 Å². The molecule has 3 aromatic rings. The quantitative estimate of drug-likeness (QED) is 0.125. The second-order valence-electron chi connectivity index (χ2n) is 10.8. The molecular weight excluding hydrogens is 531 g/mol. The number of para-hydroxylation sites is 2. The van der Waals surface area contributed by atoms with Crippen molar-refractivity contribution in [3.05, 3.63) is 76.3 Å². The van der Waals surface area contributed by atoms with Crippen molar-refractivity contribution >= 4 is 28.5 Å². The Morgan fingerprint density at radius 2 is 1.08 bits per heavy atom. The van der Waals surface area contributed by atoms with E-state index in [1.54, 1.807) is 0 Å². The maximum atomic E-state index is 6.17. The Hall–Kier alpha value is -2.20. The predicted molar refractivity (Wildman–Crippen MR) is 167 cm³/mol. The van der Waals surface area contributed by atoms with Crippen LogP contribution < -0.4 is 14.8 Å². The van der Waals surface area contributed by atoms with E-state index in [4.69, 9.17) is 9.31 Å². The fourth-order valence-corrected chi connectivity index (χ4v) is 5.90. The van der Waals surface area contributed by atoms with Gasteiger partial charge in [-0.25, -0.2) is 0 Å². The van der Waals surface area contributed by atoms with Crippen LogP contribution in [0.25, 0.3) is 11.1 Å². The van der Waals surface area contributed by atoms with Gasteiger partial charge in [-0.3, -0.25) is 0 Å². The average Bonchev–Trinajstić information content (AvgIpc) is 3.37. The van der Waals surface area contributed by atoms with Gasteiger partial charge in [0, 0.05) is 9.94 Å². The zero-order valence-electron chi connectivity index (χ0n) is 23.4. The molecule has 0 unspecified atom stereocenters. The van der Waals surface area contributed by atoms with E-state index in [0.717, 1.165) is 29.8 Å². The van der Waals surface area contributed by atoms with Gasteiger partial charge in [0.15, 0.2) is 0 Å². The molecule has 4 rings (SSSR count). The van der Waals surface area contributed by atoms with E-state index >= 15 is 0 Å². The average molecular weight is 575 g/mol. The molecule has 1 heterocycles. The smallest absolute Gasteiger partial charge is 0.519 e. The Kier molecular flexibility index (Phi) is 11.7. The molecule has 202 valence electrons. The number of unbranched alkanes of at least 4 members (excludes halogenated alkanes) is 10. The van der Waals surface area contributed by atoms with E-state index in [2.05, 4.69) is 66.2 Å². The maximum absolute atomic E-state index is 6.17. The van der Waals surface area contributed by atoms with Gasteiger partial charge in [-0.15, -0.1) is 0 Å². The van der Waals surface area contributed by atoms with Crippen molar-refractivity contribution in [2.24, 2.45) is 0 Å². The van der Waals surface area contributed by atoms with Crippen LogP contribution in [0.4, 0.5) is 0 Å². The first-order valence-electron chi connectivity index (χ1n) is 15.0. The van der Waals surface area contributed by atoms with Gasteiger partial charge in [0.1, 0.15) is 11.5 Å². The largest absolute Gasteiger partial charge is 0.632 e. The van der Waals surface area contributed by atoms with E-state index < -0.39 is 0 Å². The Bertz CT molecular complexity index is 1120. The summed E-state index contributed by atoms with van der Waals surface area (Å²) < 4.78 is 13.5. The van der Waals surface area contributed by atoms with Crippen LogP contribution in [0.3, 0.4) is 0 Å². The molecule has 0 fully saturated rings. The van der Waals surface area contributed by atoms with Gasteiger partial charge in [-0.2, -0.15) is 0 Å². The van der Waals surface area contributed by atoms with Crippen LogP contribution in [0.15, 0.2) is 65.1 Å². The summed E-state index contributed by atoms with van der Waals surface area (Å²) in [5, 5.41) is 0. The van der Waals surface area contributed by atoms with Crippen LogP contribution in [-0.4, -0.2) is 7.12 Å². The lowest BCUT2D eigenvalue weighted by Crippen LogP contribution is -2.39. The molecular formula is C34H44BBrO2. The minimum Gasteiger partial charge on any atom is -0.519 e. The summed E-state index contributed by atoms with van der Waals surface area (Å²) in [5.74, 6) is 1.65. The SMILES string of the molecule is CCCCCCCCc1cc(Br)ccc1-c1ccc(B2Oc3ccccc3O2)cc1CCCCCCCC. The number of rotatable bonds is 16. The monoisotopic (exact) mass is 574 g/mol. The van der Waals surface area contributed by atoms with Gasteiger partial charge >= 0.3 is 7.12 Å². The van der Waals surface area contributed by atoms with Gasteiger partial charge in [0.2, 0.25) is 0 Å². The summed E-state index contributed by atoms with van der Waals surface area (Å²) in [6.07, 6.45) is 18.0. The Morgan fingerprint density at radius 1 is 0.579 bits per heavy atom. The Labute approximate surface area is 239 Å². The van der Waals surface area contributed by atoms with E-state index in [1.807, 2.05) is 24.3 Å². The molecule has 1 aliphatic heterocycles. The van der Waals surface area contributed by atoms with Crippen LogP contribution in [0, 0.1) is 0 Å². The first kappa shape index (κ1) is 28.8. The highest BCUT2D eigenvalue weighted by molar-refractivity contribution is 9.10. The van der Waals surface area contributed by atoms with Crippen molar-refractivity contribution < 1.29 is 9.31 Å². The molecule has 0 saturated carbocycles. The van der Waals surface area contributed by atoms with Crippen molar-refractivity contribution in [2.75, 3.05) is 0 Å². The Balaban J connectivity index is 1.54. The lowest BCUT2D eigenvalue weighted by Gasteiger charge is -2.17. The van der Waals surface area contributed by atoms with Crippen molar-refractivity contribution in [2.45, 2.75) is 104 Å². The van der Waals surface area contributed by atoms with E-state index in [9.17, 15) is 0 Å². The molecule has 0 amide bonds. The molecule has 0 radical (unpaired) electrons. The molecule has 4 heteroatoms. The highest BCUT2D eigenvalue weighted by Gasteiger charge is 2.34. The van der Waals surface area contributed by atoms with Crippen LogP contribution in [0.2, 0.25) is 0 Å². The van der Waals surface area contributed by atoms with Gasteiger partial charge in [0.25, 0.3) is 0 Å². The molecule has 0 aromatic heterocycles. The first-order chi connectivity index (χ1) is 18.7. The molecule has 38 heavy (non-hydrogen) atoms. The minimum absolute atomic E-state index is 0.378. The fraction of sp³-hybridized carbons (Fsp3) is 0.471. The molecule has 0 atom stereocenters. The number of hydrogen-bond donors (Lipinski definition) is 0. The topological polar surface area (TPSA) is 18.5 Å². The molecule has 0 bridgehead atoms. The van der Waals surface area contributed by atoms with Crippen LogP contribution in [0.1, 0.15) is 102 Å². The summed E-state index contributed by atoms with van der Waals surface area (Å²) in [4.78, 5) is 0. The summed E-state index contributed by atoms with van der Waals surface area (Å²) in [6.45, 7) is 4.57. The first-order valence-corrected chi connectivity index (χ1v) is 15.8.